The Morgan fingerprint density at radius 2 is 1.69 bits per heavy atom. The van der Waals surface area contributed by atoms with E-state index in [1.54, 1.807) is 0 Å². The lowest BCUT2D eigenvalue weighted by molar-refractivity contribution is -0.137. The van der Waals surface area contributed by atoms with Gasteiger partial charge in [-0.05, 0) is 37.2 Å². The molecule has 2 atom stereocenters. The molecule has 2 aromatic rings. The van der Waals surface area contributed by atoms with E-state index in [-0.39, 0.29) is 5.92 Å². The number of unbranched alkanes of at least 4 members (excludes halogenated alkanes) is 5. The maximum atomic E-state index is 10.9. The van der Waals surface area contributed by atoms with Crippen molar-refractivity contribution in [2.75, 3.05) is 0 Å². The molecule has 5 heteroatoms. The third-order valence-corrected chi connectivity index (χ3v) is 5.98. The molecule has 0 aliphatic carbocycles. The fourth-order valence-corrected chi connectivity index (χ4v) is 3.47. The molecule has 2 rings (SSSR count). The van der Waals surface area contributed by atoms with Crippen LogP contribution in [0.25, 0.3) is 11.3 Å². The summed E-state index contributed by atoms with van der Waals surface area (Å²) in [5, 5.41) is 8.14. The Labute approximate surface area is 179 Å². The van der Waals surface area contributed by atoms with Gasteiger partial charge in [0.2, 0.25) is 0 Å². The van der Waals surface area contributed by atoms with Gasteiger partial charge in [0.25, 0.3) is 0 Å². The van der Waals surface area contributed by atoms with Gasteiger partial charge in [-0.25, -0.2) is 0 Å². The van der Waals surface area contributed by atoms with E-state index in [1.807, 2.05) is 31.5 Å². The highest BCUT2D eigenvalue weighted by atomic mass is 35.5. The second-order valence-corrected chi connectivity index (χ2v) is 8.33. The van der Waals surface area contributed by atoms with E-state index in [0.717, 1.165) is 36.2 Å². The number of hydrogen-bond donors (Lipinski definition) is 1. The number of aliphatic carboxylic acids is 1. The van der Waals surface area contributed by atoms with Crippen LogP contribution < -0.4 is 0 Å². The van der Waals surface area contributed by atoms with Crippen molar-refractivity contribution in [1.82, 2.24) is 9.97 Å². The lowest BCUT2D eigenvalue weighted by Crippen LogP contribution is -2.22. The molecule has 29 heavy (non-hydrogen) atoms. The maximum absolute atomic E-state index is 10.9. The first-order chi connectivity index (χ1) is 14.0. The molecule has 1 heterocycles. The van der Waals surface area contributed by atoms with Gasteiger partial charge in [0, 0.05) is 11.8 Å². The Balaban J connectivity index is 1.81. The standard InChI is InChI=1S/C24H33ClN2O2/c1-3-4-5-6-7-8-9-21-16-27-22(17-26-21)20-14-12-19(13-15-20)11-10-18(2)23(25)24(28)29/h12-18,23H,3-11H2,1-2H3,(H,28,29). The second kappa shape index (κ2) is 12.6. The van der Waals surface area contributed by atoms with Crippen molar-refractivity contribution in [3.63, 3.8) is 0 Å². The zero-order valence-electron chi connectivity index (χ0n) is 17.6. The Morgan fingerprint density at radius 3 is 2.31 bits per heavy atom. The highest BCUT2D eigenvalue weighted by Gasteiger charge is 2.21. The number of rotatable bonds is 13. The molecular formula is C24H33ClN2O2. The second-order valence-electron chi connectivity index (χ2n) is 7.86. The Morgan fingerprint density at radius 1 is 1.00 bits per heavy atom. The Kier molecular flexibility index (Phi) is 10.1. The topological polar surface area (TPSA) is 63.1 Å². The van der Waals surface area contributed by atoms with Crippen LogP contribution in [0.1, 0.15) is 70.1 Å². The molecule has 0 fully saturated rings. The zero-order chi connectivity index (χ0) is 21.1. The van der Waals surface area contributed by atoms with E-state index >= 15 is 0 Å². The van der Waals surface area contributed by atoms with Crippen LogP contribution >= 0.6 is 11.6 Å². The molecule has 0 bridgehead atoms. The lowest BCUT2D eigenvalue weighted by Gasteiger charge is -2.14. The summed E-state index contributed by atoms with van der Waals surface area (Å²) in [6.45, 7) is 4.12. The van der Waals surface area contributed by atoms with E-state index in [9.17, 15) is 4.79 Å². The van der Waals surface area contributed by atoms with Crippen LogP contribution in [0.5, 0.6) is 0 Å². The summed E-state index contributed by atoms with van der Waals surface area (Å²) in [4.78, 5) is 20.1. The molecule has 0 aliphatic rings. The molecule has 0 aliphatic heterocycles. The van der Waals surface area contributed by atoms with E-state index in [2.05, 4.69) is 29.0 Å². The first-order valence-electron chi connectivity index (χ1n) is 10.8. The molecule has 158 valence electrons. The van der Waals surface area contributed by atoms with Crippen LogP contribution in [0.4, 0.5) is 0 Å². The van der Waals surface area contributed by atoms with Gasteiger partial charge >= 0.3 is 5.97 Å². The van der Waals surface area contributed by atoms with Crippen LogP contribution in [-0.4, -0.2) is 26.4 Å². The van der Waals surface area contributed by atoms with Gasteiger partial charge in [0.15, 0.2) is 0 Å². The number of carbonyl (C=O) groups is 1. The van der Waals surface area contributed by atoms with Crippen molar-refractivity contribution in [2.45, 2.75) is 77.0 Å². The third kappa shape index (κ3) is 8.14. The van der Waals surface area contributed by atoms with Gasteiger partial charge in [-0.3, -0.25) is 14.8 Å². The number of alkyl halides is 1. The molecule has 4 nitrogen and oxygen atoms in total. The summed E-state index contributed by atoms with van der Waals surface area (Å²) >= 11 is 5.90. The van der Waals surface area contributed by atoms with Crippen LogP contribution in [0, 0.1) is 5.92 Å². The number of carboxylic acid groups (broad SMARTS) is 1. The van der Waals surface area contributed by atoms with Crippen LogP contribution in [0.15, 0.2) is 36.7 Å². The van der Waals surface area contributed by atoms with Crippen LogP contribution in [0.3, 0.4) is 0 Å². The van der Waals surface area contributed by atoms with Gasteiger partial charge in [0.1, 0.15) is 5.38 Å². The van der Waals surface area contributed by atoms with Crippen molar-refractivity contribution in [1.29, 1.82) is 0 Å². The van der Waals surface area contributed by atoms with Gasteiger partial charge < -0.3 is 5.11 Å². The number of benzene rings is 1. The first-order valence-corrected chi connectivity index (χ1v) is 11.2. The highest BCUT2D eigenvalue weighted by Crippen LogP contribution is 2.21. The van der Waals surface area contributed by atoms with Crippen LogP contribution in [0.2, 0.25) is 0 Å². The number of hydrogen-bond acceptors (Lipinski definition) is 3. The highest BCUT2D eigenvalue weighted by molar-refractivity contribution is 6.29. The molecule has 1 aromatic carbocycles. The normalized spacial score (nSPS) is 13.2. The largest absolute Gasteiger partial charge is 0.480 e. The summed E-state index contributed by atoms with van der Waals surface area (Å²) in [5.41, 5.74) is 4.15. The predicted octanol–water partition coefficient (Wildman–Crippen LogP) is 6.31. The SMILES string of the molecule is CCCCCCCCc1cnc(-c2ccc(CCC(C)C(Cl)C(=O)O)cc2)cn1. The Hall–Kier alpha value is -1.94. The van der Waals surface area contributed by atoms with Crippen LogP contribution in [-0.2, 0) is 17.6 Å². The smallest absolute Gasteiger partial charge is 0.321 e. The van der Waals surface area contributed by atoms with Gasteiger partial charge in [-0.15, -0.1) is 11.6 Å². The molecule has 1 aromatic heterocycles. The lowest BCUT2D eigenvalue weighted by atomic mass is 9.97. The summed E-state index contributed by atoms with van der Waals surface area (Å²) in [6.07, 6.45) is 14.0. The molecule has 0 amide bonds. The molecule has 0 saturated carbocycles. The fraction of sp³-hybridized carbons (Fsp3) is 0.542. The van der Waals surface area contributed by atoms with E-state index in [0.29, 0.717) is 0 Å². The minimum absolute atomic E-state index is 0.0705. The van der Waals surface area contributed by atoms with Crippen molar-refractivity contribution in [3.8, 4) is 11.3 Å². The molecular weight excluding hydrogens is 384 g/mol. The van der Waals surface area contributed by atoms with Crippen molar-refractivity contribution < 1.29 is 9.90 Å². The molecule has 1 N–H and O–H groups in total. The average molecular weight is 417 g/mol. The molecule has 2 unspecified atom stereocenters. The molecule has 0 saturated heterocycles. The van der Waals surface area contributed by atoms with E-state index in [4.69, 9.17) is 16.7 Å². The summed E-state index contributed by atoms with van der Waals surface area (Å²) in [6, 6.07) is 8.23. The van der Waals surface area contributed by atoms with Gasteiger partial charge in [-0.1, -0.05) is 70.2 Å². The quantitative estimate of drug-likeness (QED) is 0.307. The van der Waals surface area contributed by atoms with Gasteiger partial charge in [-0.2, -0.15) is 0 Å². The molecule has 0 radical (unpaired) electrons. The van der Waals surface area contributed by atoms with E-state index in [1.165, 1.54) is 44.1 Å². The minimum atomic E-state index is -0.951. The monoisotopic (exact) mass is 416 g/mol. The Bertz CT molecular complexity index is 732. The summed E-state index contributed by atoms with van der Waals surface area (Å²) in [5.74, 6) is -1.02. The third-order valence-electron chi connectivity index (χ3n) is 5.37. The maximum Gasteiger partial charge on any atom is 0.321 e. The van der Waals surface area contributed by atoms with Crippen molar-refractivity contribution >= 4 is 17.6 Å². The molecule has 0 spiro atoms. The number of halogens is 1. The summed E-state index contributed by atoms with van der Waals surface area (Å²) in [7, 11) is 0. The number of aromatic nitrogens is 2. The van der Waals surface area contributed by atoms with Crippen molar-refractivity contribution in [3.05, 3.63) is 47.9 Å². The predicted molar refractivity (Wildman–Crippen MR) is 119 cm³/mol. The van der Waals surface area contributed by atoms with Crippen molar-refractivity contribution in [2.24, 2.45) is 5.92 Å². The zero-order valence-corrected chi connectivity index (χ0v) is 18.4. The van der Waals surface area contributed by atoms with Gasteiger partial charge in [0.05, 0.1) is 17.6 Å². The minimum Gasteiger partial charge on any atom is -0.480 e. The first kappa shape index (κ1) is 23.3. The van der Waals surface area contributed by atoms with E-state index < -0.39 is 11.3 Å². The number of carboxylic acids is 1. The number of aryl methyl sites for hydroxylation is 2. The number of nitrogens with zero attached hydrogens (tertiary/aromatic N) is 2. The fourth-order valence-electron chi connectivity index (χ4n) is 3.35. The summed E-state index contributed by atoms with van der Waals surface area (Å²) < 4.78 is 0. The average Bonchev–Trinajstić information content (AvgIpc) is 2.74.